The number of pyridine rings is 1. The number of methoxy groups -OCH3 is 1. The fourth-order valence-corrected chi connectivity index (χ4v) is 1.71. The van der Waals surface area contributed by atoms with Crippen LogP contribution in [0.2, 0.25) is 0 Å². The molecule has 4 nitrogen and oxygen atoms in total. The maximum absolute atomic E-state index is 11.2. The summed E-state index contributed by atoms with van der Waals surface area (Å²) >= 11 is 0. The van der Waals surface area contributed by atoms with E-state index in [4.69, 9.17) is 4.74 Å². The molecule has 0 saturated carbocycles. The van der Waals surface area contributed by atoms with E-state index in [0.717, 1.165) is 5.56 Å². The van der Waals surface area contributed by atoms with Gasteiger partial charge in [0.05, 0.1) is 7.11 Å². The van der Waals surface area contributed by atoms with Crippen LogP contribution in [-0.4, -0.2) is 22.6 Å². The minimum atomic E-state index is -1.13. The van der Waals surface area contributed by atoms with Crippen LogP contribution in [0.1, 0.15) is 26.3 Å². The van der Waals surface area contributed by atoms with Crippen molar-refractivity contribution in [3.05, 3.63) is 17.8 Å². The van der Waals surface area contributed by atoms with Crippen LogP contribution in [0.4, 0.5) is 5.69 Å². The Morgan fingerprint density at radius 3 is 2.50 bits per heavy atom. The fourth-order valence-electron chi connectivity index (χ4n) is 1.25. The molecule has 0 fully saturated rings. The molecular weight excluding hydrogens is 224 g/mol. The van der Waals surface area contributed by atoms with Crippen molar-refractivity contribution < 1.29 is 8.95 Å². The third kappa shape index (κ3) is 3.20. The van der Waals surface area contributed by atoms with E-state index < -0.39 is 11.0 Å². The highest BCUT2D eigenvalue weighted by molar-refractivity contribution is 7.85. The van der Waals surface area contributed by atoms with E-state index in [2.05, 4.69) is 30.5 Å². The molecule has 16 heavy (non-hydrogen) atoms. The number of aromatic nitrogens is 1. The van der Waals surface area contributed by atoms with Crippen molar-refractivity contribution in [2.45, 2.75) is 26.2 Å². The monoisotopic (exact) mass is 242 g/mol. The van der Waals surface area contributed by atoms with Gasteiger partial charge in [-0.3, -0.25) is 0 Å². The molecule has 1 atom stereocenters. The molecule has 0 radical (unpaired) electrons. The zero-order valence-electron chi connectivity index (χ0n) is 10.3. The first-order valence-corrected chi connectivity index (χ1v) is 6.55. The van der Waals surface area contributed by atoms with Crippen LogP contribution in [0.3, 0.4) is 0 Å². The Kier molecular flexibility index (Phi) is 3.91. The van der Waals surface area contributed by atoms with Crippen LogP contribution >= 0.6 is 0 Å². The van der Waals surface area contributed by atoms with Gasteiger partial charge in [-0.15, -0.1) is 0 Å². The molecule has 1 heterocycles. The summed E-state index contributed by atoms with van der Waals surface area (Å²) in [7, 11) is 0.411. The van der Waals surface area contributed by atoms with E-state index in [9.17, 15) is 4.21 Å². The van der Waals surface area contributed by atoms with Gasteiger partial charge in [-0.1, -0.05) is 20.8 Å². The summed E-state index contributed by atoms with van der Waals surface area (Å²) in [6.45, 7) is 6.30. The lowest BCUT2D eigenvalue weighted by Gasteiger charge is -2.20. The Morgan fingerprint density at radius 1 is 1.44 bits per heavy atom. The van der Waals surface area contributed by atoms with E-state index in [1.54, 1.807) is 19.6 Å². The van der Waals surface area contributed by atoms with Crippen LogP contribution < -0.4 is 9.46 Å². The van der Waals surface area contributed by atoms with Crippen LogP contribution in [-0.2, 0) is 16.4 Å². The quantitative estimate of drug-likeness (QED) is 0.883. The Balaban J connectivity index is 3.16. The van der Waals surface area contributed by atoms with Gasteiger partial charge in [-0.25, -0.2) is 9.19 Å². The van der Waals surface area contributed by atoms with Gasteiger partial charge >= 0.3 is 0 Å². The summed E-state index contributed by atoms with van der Waals surface area (Å²) in [4.78, 5) is 4.20. The van der Waals surface area contributed by atoms with Crippen molar-refractivity contribution in [1.29, 1.82) is 0 Å². The third-order valence-corrected chi connectivity index (χ3v) is 2.67. The second-order valence-corrected chi connectivity index (χ2v) is 5.70. The predicted molar refractivity (Wildman–Crippen MR) is 67.2 cm³/mol. The number of nitrogens with zero attached hydrogens (tertiary/aromatic N) is 1. The standard InChI is InChI=1S/C11H18N2O2S/c1-11(2,3)8-6-9(13-16(5)14)10(15-4)12-7-8/h6-7,13H,1-5H3. The van der Waals surface area contributed by atoms with Gasteiger partial charge in [0.15, 0.2) is 0 Å². The van der Waals surface area contributed by atoms with E-state index in [1.807, 2.05) is 6.07 Å². The molecule has 0 spiro atoms. The molecule has 0 amide bonds. The molecule has 1 N–H and O–H groups in total. The largest absolute Gasteiger partial charge is 0.480 e. The smallest absolute Gasteiger partial charge is 0.238 e. The average molecular weight is 242 g/mol. The zero-order chi connectivity index (χ0) is 12.3. The number of ether oxygens (including phenoxy) is 1. The second kappa shape index (κ2) is 4.82. The Hall–Kier alpha value is -1.10. The molecule has 0 aromatic carbocycles. The number of nitrogens with one attached hydrogen (secondary N) is 1. The van der Waals surface area contributed by atoms with Crippen LogP contribution in [0.5, 0.6) is 5.88 Å². The molecule has 1 aromatic rings. The van der Waals surface area contributed by atoms with Crippen LogP contribution in [0.25, 0.3) is 0 Å². The molecule has 5 heteroatoms. The van der Waals surface area contributed by atoms with Crippen molar-refractivity contribution in [2.24, 2.45) is 0 Å². The highest BCUT2D eigenvalue weighted by Gasteiger charge is 2.17. The molecule has 0 aliphatic rings. The maximum Gasteiger partial charge on any atom is 0.238 e. The topological polar surface area (TPSA) is 51.2 Å². The highest BCUT2D eigenvalue weighted by Crippen LogP contribution is 2.29. The number of anilines is 1. The van der Waals surface area contributed by atoms with Crippen molar-refractivity contribution in [3.63, 3.8) is 0 Å². The summed E-state index contributed by atoms with van der Waals surface area (Å²) in [5.74, 6) is 0.461. The summed E-state index contributed by atoms with van der Waals surface area (Å²) in [6.07, 6.45) is 3.35. The third-order valence-electron chi connectivity index (χ3n) is 2.16. The van der Waals surface area contributed by atoms with Gasteiger partial charge < -0.3 is 9.46 Å². The Bertz CT molecular complexity index is 399. The number of hydrogen-bond acceptors (Lipinski definition) is 3. The van der Waals surface area contributed by atoms with E-state index >= 15 is 0 Å². The van der Waals surface area contributed by atoms with Crippen molar-refractivity contribution in [3.8, 4) is 5.88 Å². The van der Waals surface area contributed by atoms with Crippen LogP contribution in [0, 0.1) is 0 Å². The summed E-state index contributed by atoms with van der Waals surface area (Å²) in [5.41, 5.74) is 1.74. The molecule has 1 rings (SSSR count). The lowest BCUT2D eigenvalue weighted by atomic mass is 9.88. The van der Waals surface area contributed by atoms with E-state index in [-0.39, 0.29) is 5.41 Å². The Labute approximate surface area is 99.0 Å². The van der Waals surface area contributed by atoms with Crippen LogP contribution in [0.15, 0.2) is 12.3 Å². The number of rotatable bonds is 3. The van der Waals surface area contributed by atoms with Gasteiger partial charge in [0.2, 0.25) is 5.88 Å². The molecule has 0 saturated heterocycles. The first kappa shape index (κ1) is 13.0. The van der Waals surface area contributed by atoms with E-state index in [0.29, 0.717) is 11.6 Å². The molecule has 0 bridgehead atoms. The summed E-state index contributed by atoms with van der Waals surface area (Å²) in [6, 6.07) is 1.92. The molecule has 0 aliphatic carbocycles. The van der Waals surface area contributed by atoms with Gasteiger partial charge in [0, 0.05) is 12.5 Å². The molecule has 0 aliphatic heterocycles. The summed E-state index contributed by atoms with van der Waals surface area (Å²) in [5, 5.41) is 0. The zero-order valence-corrected chi connectivity index (χ0v) is 11.1. The molecule has 90 valence electrons. The van der Waals surface area contributed by atoms with Gasteiger partial charge in [-0.05, 0) is 17.0 Å². The normalized spacial score (nSPS) is 13.3. The average Bonchev–Trinajstić information content (AvgIpc) is 2.15. The predicted octanol–water partition coefficient (Wildman–Crippen LogP) is 2.09. The fraction of sp³-hybridized carbons (Fsp3) is 0.545. The molecule has 1 unspecified atom stereocenters. The lowest BCUT2D eigenvalue weighted by Crippen LogP contribution is -2.13. The first-order chi connectivity index (χ1) is 7.34. The SMILES string of the molecule is COc1ncc(C(C)(C)C)cc1NS(C)=O. The first-order valence-electron chi connectivity index (χ1n) is 4.99. The minimum absolute atomic E-state index is 0.00490. The summed E-state index contributed by atoms with van der Waals surface area (Å²) < 4.78 is 19.1. The lowest BCUT2D eigenvalue weighted by molar-refractivity contribution is 0.399. The molecular formula is C11H18N2O2S. The highest BCUT2D eigenvalue weighted by atomic mass is 32.2. The van der Waals surface area contributed by atoms with Gasteiger partial charge in [0.1, 0.15) is 16.7 Å². The number of hydrogen-bond donors (Lipinski definition) is 1. The van der Waals surface area contributed by atoms with Crippen molar-refractivity contribution in [1.82, 2.24) is 4.98 Å². The van der Waals surface area contributed by atoms with Gasteiger partial charge in [-0.2, -0.15) is 0 Å². The minimum Gasteiger partial charge on any atom is -0.480 e. The van der Waals surface area contributed by atoms with Crippen molar-refractivity contribution in [2.75, 3.05) is 18.1 Å². The maximum atomic E-state index is 11.2. The molecule has 1 aromatic heterocycles. The van der Waals surface area contributed by atoms with Crippen molar-refractivity contribution >= 4 is 16.7 Å². The Morgan fingerprint density at radius 2 is 2.06 bits per heavy atom. The second-order valence-electron chi connectivity index (χ2n) is 4.59. The van der Waals surface area contributed by atoms with E-state index in [1.165, 1.54) is 0 Å². The van der Waals surface area contributed by atoms with Gasteiger partial charge in [0.25, 0.3) is 0 Å².